The molecule has 2 heterocycles. The van der Waals surface area contributed by atoms with E-state index in [1.54, 1.807) is 41.1 Å². The van der Waals surface area contributed by atoms with Crippen molar-refractivity contribution in [1.82, 2.24) is 14.8 Å². The van der Waals surface area contributed by atoms with Gasteiger partial charge in [-0.2, -0.15) is 0 Å². The van der Waals surface area contributed by atoms with Crippen LogP contribution in [0.1, 0.15) is 23.2 Å². The van der Waals surface area contributed by atoms with Crippen molar-refractivity contribution in [3.05, 3.63) is 64.6 Å². The summed E-state index contributed by atoms with van der Waals surface area (Å²) >= 11 is 0. The minimum Gasteiger partial charge on any atom is -0.348 e. The van der Waals surface area contributed by atoms with Crippen molar-refractivity contribution >= 4 is 5.91 Å². The van der Waals surface area contributed by atoms with E-state index in [0.29, 0.717) is 5.56 Å². The number of likely N-dealkylation sites (tertiary alicyclic amines) is 1. The average molecular weight is 311 g/mol. The van der Waals surface area contributed by atoms with E-state index in [1.165, 1.54) is 6.07 Å². The van der Waals surface area contributed by atoms with Gasteiger partial charge in [0.1, 0.15) is 0 Å². The van der Waals surface area contributed by atoms with E-state index in [-0.39, 0.29) is 17.5 Å². The van der Waals surface area contributed by atoms with Crippen molar-refractivity contribution in [3.63, 3.8) is 0 Å². The van der Waals surface area contributed by atoms with Crippen LogP contribution in [0.2, 0.25) is 0 Å². The summed E-state index contributed by atoms with van der Waals surface area (Å²) < 4.78 is 1.55. The fourth-order valence-corrected chi connectivity index (χ4v) is 2.97. The first-order valence-corrected chi connectivity index (χ1v) is 7.91. The molecule has 120 valence electrons. The molecule has 2 aromatic rings. The summed E-state index contributed by atoms with van der Waals surface area (Å²) in [6.45, 7) is 1.98. The monoisotopic (exact) mass is 311 g/mol. The first-order valence-electron chi connectivity index (χ1n) is 7.91. The number of pyridine rings is 1. The van der Waals surface area contributed by atoms with E-state index in [0.717, 1.165) is 31.6 Å². The Morgan fingerprint density at radius 3 is 2.65 bits per heavy atom. The van der Waals surface area contributed by atoms with Crippen LogP contribution in [-0.4, -0.2) is 41.6 Å². The molecule has 1 atom stereocenters. The highest BCUT2D eigenvalue weighted by atomic mass is 16.1. The van der Waals surface area contributed by atoms with Crippen LogP contribution in [-0.2, 0) is 0 Å². The molecule has 1 saturated heterocycles. The quantitative estimate of drug-likeness (QED) is 0.938. The highest BCUT2D eigenvalue weighted by Gasteiger charge is 2.19. The van der Waals surface area contributed by atoms with Crippen molar-refractivity contribution in [2.75, 3.05) is 20.1 Å². The minimum absolute atomic E-state index is 0.0581. The molecular formula is C18H21N3O2. The first-order chi connectivity index (χ1) is 11.1. The second-order valence-electron chi connectivity index (χ2n) is 6.03. The van der Waals surface area contributed by atoms with Crippen LogP contribution in [0, 0.1) is 0 Å². The van der Waals surface area contributed by atoms with Gasteiger partial charge < -0.3 is 10.2 Å². The second-order valence-corrected chi connectivity index (χ2v) is 6.03. The van der Waals surface area contributed by atoms with Crippen LogP contribution in [0.3, 0.4) is 0 Å². The maximum atomic E-state index is 12.3. The summed E-state index contributed by atoms with van der Waals surface area (Å²) in [4.78, 5) is 26.4. The zero-order valence-corrected chi connectivity index (χ0v) is 13.2. The fourth-order valence-electron chi connectivity index (χ4n) is 2.97. The van der Waals surface area contributed by atoms with Gasteiger partial charge in [-0.25, -0.2) is 0 Å². The largest absolute Gasteiger partial charge is 0.348 e. The molecule has 0 unspecified atom stereocenters. The second kappa shape index (κ2) is 6.79. The van der Waals surface area contributed by atoms with E-state index in [9.17, 15) is 9.59 Å². The van der Waals surface area contributed by atoms with Gasteiger partial charge >= 0.3 is 0 Å². The molecule has 0 spiro atoms. The normalized spacial score (nSPS) is 18.6. The van der Waals surface area contributed by atoms with Crippen LogP contribution in [0.15, 0.2) is 53.5 Å². The lowest BCUT2D eigenvalue weighted by Gasteiger charge is -2.30. The number of benzene rings is 1. The molecule has 0 bridgehead atoms. The van der Waals surface area contributed by atoms with Gasteiger partial charge in [0.25, 0.3) is 11.5 Å². The molecule has 1 aromatic carbocycles. The summed E-state index contributed by atoms with van der Waals surface area (Å²) in [5.74, 6) is -0.0581. The highest BCUT2D eigenvalue weighted by molar-refractivity contribution is 5.94. The molecular weight excluding hydrogens is 290 g/mol. The van der Waals surface area contributed by atoms with Gasteiger partial charge in [0.15, 0.2) is 0 Å². The fraction of sp³-hybridized carbons (Fsp3) is 0.333. The van der Waals surface area contributed by atoms with Gasteiger partial charge in [0.05, 0.1) is 0 Å². The molecule has 3 rings (SSSR count). The maximum absolute atomic E-state index is 12.3. The number of nitrogens with one attached hydrogen (secondary N) is 1. The molecule has 1 aliphatic rings. The Kier molecular flexibility index (Phi) is 4.57. The van der Waals surface area contributed by atoms with Gasteiger partial charge in [0.2, 0.25) is 0 Å². The Labute approximate surface area is 135 Å². The van der Waals surface area contributed by atoms with Crippen molar-refractivity contribution in [2.24, 2.45) is 0 Å². The van der Waals surface area contributed by atoms with E-state index in [4.69, 9.17) is 0 Å². The number of carbonyl (C=O) groups is 1. The summed E-state index contributed by atoms with van der Waals surface area (Å²) in [5.41, 5.74) is 1.28. The number of aromatic nitrogens is 1. The predicted molar refractivity (Wildman–Crippen MR) is 90.0 cm³/mol. The molecule has 1 amide bonds. The third-order valence-corrected chi connectivity index (χ3v) is 4.19. The number of carbonyl (C=O) groups excluding carboxylic acids is 1. The zero-order chi connectivity index (χ0) is 16.2. The smallest absolute Gasteiger partial charge is 0.255 e. The SMILES string of the molecule is CN1CCC[C@@H](NC(=O)c2ccc(-n3ccccc3=O)cc2)C1. The standard InChI is InChI=1S/C18H21N3O2/c1-20-11-4-5-15(13-20)19-18(23)14-7-9-16(10-8-14)21-12-3-2-6-17(21)22/h2-3,6-10,12,15H,4-5,11,13H2,1H3,(H,19,23)/t15-/m1/s1. The molecule has 1 N–H and O–H groups in total. The molecule has 0 saturated carbocycles. The van der Waals surface area contributed by atoms with Crippen LogP contribution >= 0.6 is 0 Å². The molecule has 1 fully saturated rings. The van der Waals surface area contributed by atoms with Crippen LogP contribution < -0.4 is 10.9 Å². The number of nitrogens with zero attached hydrogens (tertiary/aromatic N) is 2. The van der Waals surface area contributed by atoms with Crippen molar-refractivity contribution in [3.8, 4) is 5.69 Å². The van der Waals surface area contributed by atoms with Crippen molar-refractivity contribution in [1.29, 1.82) is 0 Å². The molecule has 1 aliphatic heterocycles. The zero-order valence-electron chi connectivity index (χ0n) is 13.2. The Balaban J connectivity index is 1.71. The van der Waals surface area contributed by atoms with Crippen molar-refractivity contribution in [2.45, 2.75) is 18.9 Å². The van der Waals surface area contributed by atoms with Crippen molar-refractivity contribution < 1.29 is 4.79 Å². The number of likely N-dealkylation sites (N-methyl/N-ethyl adjacent to an activating group) is 1. The molecule has 5 heteroatoms. The van der Waals surface area contributed by atoms with Crippen LogP contribution in [0.4, 0.5) is 0 Å². The topological polar surface area (TPSA) is 54.3 Å². The van der Waals surface area contributed by atoms with Gasteiger partial charge in [-0.05, 0) is 56.8 Å². The number of rotatable bonds is 3. The number of hydrogen-bond acceptors (Lipinski definition) is 3. The van der Waals surface area contributed by atoms with E-state index in [2.05, 4.69) is 17.3 Å². The lowest BCUT2D eigenvalue weighted by molar-refractivity contribution is 0.0912. The van der Waals surface area contributed by atoms with E-state index in [1.807, 2.05) is 6.07 Å². The Morgan fingerprint density at radius 1 is 1.17 bits per heavy atom. The molecule has 0 aliphatic carbocycles. The molecule has 0 radical (unpaired) electrons. The maximum Gasteiger partial charge on any atom is 0.255 e. The summed E-state index contributed by atoms with van der Waals surface area (Å²) in [6, 6.07) is 12.3. The Hall–Kier alpha value is -2.40. The number of hydrogen-bond donors (Lipinski definition) is 1. The Morgan fingerprint density at radius 2 is 1.96 bits per heavy atom. The summed E-state index contributed by atoms with van der Waals surface area (Å²) in [6.07, 6.45) is 3.85. The predicted octanol–water partition coefficient (Wildman–Crippen LogP) is 1.66. The first kappa shape index (κ1) is 15.5. The van der Waals surface area contributed by atoms with Gasteiger partial charge in [-0.1, -0.05) is 6.07 Å². The lowest BCUT2D eigenvalue weighted by Crippen LogP contribution is -2.46. The Bertz CT molecular complexity index is 736. The third-order valence-electron chi connectivity index (χ3n) is 4.19. The molecule has 1 aromatic heterocycles. The summed E-state index contributed by atoms with van der Waals surface area (Å²) in [5, 5.41) is 3.09. The third kappa shape index (κ3) is 3.68. The van der Waals surface area contributed by atoms with E-state index >= 15 is 0 Å². The lowest BCUT2D eigenvalue weighted by atomic mass is 10.1. The van der Waals surface area contributed by atoms with Gasteiger partial charge in [-0.3, -0.25) is 14.2 Å². The number of piperidine rings is 1. The van der Waals surface area contributed by atoms with E-state index < -0.39 is 0 Å². The van der Waals surface area contributed by atoms with Gasteiger partial charge in [0, 0.05) is 36.1 Å². The van der Waals surface area contributed by atoms with Crippen LogP contribution in [0.25, 0.3) is 5.69 Å². The van der Waals surface area contributed by atoms with Gasteiger partial charge in [-0.15, -0.1) is 0 Å². The molecule has 5 nitrogen and oxygen atoms in total. The van der Waals surface area contributed by atoms with Crippen LogP contribution in [0.5, 0.6) is 0 Å². The number of amides is 1. The minimum atomic E-state index is -0.0880. The average Bonchev–Trinajstić information content (AvgIpc) is 2.55. The summed E-state index contributed by atoms with van der Waals surface area (Å²) in [7, 11) is 2.07. The highest BCUT2D eigenvalue weighted by Crippen LogP contribution is 2.11. The molecule has 23 heavy (non-hydrogen) atoms.